The van der Waals surface area contributed by atoms with Crippen LogP contribution in [0.5, 0.6) is 0 Å². The van der Waals surface area contributed by atoms with Crippen molar-refractivity contribution in [3.63, 3.8) is 0 Å². The molecular weight excluding hydrogens is 659 g/mol. The molecular formula is C49H33N5. The Morgan fingerprint density at radius 1 is 0.481 bits per heavy atom. The molecule has 0 aliphatic rings. The first-order valence-electron chi connectivity index (χ1n) is 18.3. The number of aromatic nitrogens is 5. The lowest BCUT2D eigenvalue weighted by Crippen LogP contribution is -1.98. The molecule has 5 heteroatoms. The van der Waals surface area contributed by atoms with Crippen molar-refractivity contribution in [3.05, 3.63) is 182 Å². The molecule has 4 aromatic heterocycles. The molecule has 0 bridgehead atoms. The molecule has 7 aromatic carbocycles. The van der Waals surface area contributed by atoms with Gasteiger partial charge in [0.25, 0.3) is 0 Å². The molecule has 0 spiro atoms. The van der Waals surface area contributed by atoms with Gasteiger partial charge in [-0.2, -0.15) is 0 Å². The van der Waals surface area contributed by atoms with Gasteiger partial charge in [0.15, 0.2) is 0 Å². The van der Waals surface area contributed by atoms with E-state index in [4.69, 9.17) is 9.97 Å². The molecule has 0 fully saturated rings. The van der Waals surface area contributed by atoms with E-state index in [1.165, 1.54) is 27.1 Å². The highest BCUT2D eigenvalue weighted by molar-refractivity contribution is 6.13. The summed E-state index contributed by atoms with van der Waals surface area (Å²) in [6.07, 6.45) is 1.92. The van der Waals surface area contributed by atoms with E-state index in [9.17, 15) is 0 Å². The van der Waals surface area contributed by atoms with Crippen LogP contribution in [0.4, 0.5) is 0 Å². The average Bonchev–Trinajstić information content (AvgIpc) is 3.91. The summed E-state index contributed by atoms with van der Waals surface area (Å²) in [6.45, 7) is 2.16. The highest BCUT2D eigenvalue weighted by Crippen LogP contribution is 2.40. The number of hydrogen-bond acceptors (Lipinski definition) is 2. The first kappa shape index (κ1) is 30.4. The van der Waals surface area contributed by atoms with Gasteiger partial charge in [-0.05, 0) is 84.3 Å². The van der Waals surface area contributed by atoms with E-state index in [1.807, 2.05) is 6.20 Å². The Balaban J connectivity index is 1.16. The van der Waals surface area contributed by atoms with Crippen molar-refractivity contribution in [2.75, 3.05) is 0 Å². The summed E-state index contributed by atoms with van der Waals surface area (Å²) >= 11 is 0. The van der Waals surface area contributed by atoms with Crippen molar-refractivity contribution >= 4 is 54.6 Å². The highest BCUT2D eigenvalue weighted by Gasteiger charge is 2.21. The van der Waals surface area contributed by atoms with Gasteiger partial charge in [-0.3, -0.25) is 9.13 Å². The van der Waals surface area contributed by atoms with Crippen LogP contribution in [0.15, 0.2) is 176 Å². The molecule has 0 aliphatic heterocycles. The molecule has 0 saturated carbocycles. The first-order valence-corrected chi connectivity index (χ1v) is 18.3. The summed E-state index contributed by atoms with van der Waals surface area (Å²) in [5.41, 5.74) is 14.3. The van der Waals surface area contributed by atoms with Crippen LogP contribution in [0, 0.1) is 6.92 Å². The van der Waals surface area contributed by atoms with Crippen molar-refractivity contribution in [2.24, 2.45) is 0 Å². The van der Waals surface area contributed by atoms with Gasteiger partial charge < -0.3 is 4.98 Å². The molecule has 4 heterocycles. The van der Waals surface area contributed by atoms with Crippen LogP contribution in [0.1, 0.15) is 5.56 Å². The number of fused-ring (bicyclic) bond motifs is 7. The number of benzene rings is 7. The molecule has 0 amide bonds. The third kappa shape index (κ3) is 4.65. The standard InChI is InChI=1S/C49H33N5/c1-31-22-25-43-41(28-31)38-24-23-34(29-45(38)54(43)46-30-33(26-27-50-46)32-12-4-2-5-13-32)36-17-11-21-44-48(36)52-49(53(44)35-14-6-3-7-15-35)40-19-10-18-39-37-16-8-9-20-42(37)51-47(39)40/h2-30,51H,1H3. The molecule has 5 nitrogen and oxygen atoms in total. The third-order valence-electron chi connectivity index (χ3n) is 10.8. The Labute approximate surface area is 311 Å². The van der Waals surface area contributed by atoms with Gasteiger partial charge in [0.1, 0.15) is 11.6 Å². The summed E-state index contributed by atoms with van der Waals surface area (Å²) in [4.78, 5) is 14.2. The molecule has 0 aliphatic carbocycles. The molecule has 0 radical (unpaired) electrons. The summed E-state index contributed by atoms with van der Waals surface area (Å²) in [5, 5.41) is 4.80. The fourth-order valence-corrected chi connectivity index (χ4v) is 8.31. The van der Waals surface area contributed by atoms with Gasteiger partial charge in [-0.25, -0.2) is 9.97 Å². The molecule has 1 N–H and O–H groups in total. The quantitative estimate of drug-likeness (QED) is 0.195. The van der Waals surface area contributed by atoms with Crippen LogP contribution in [0.2, 0.25) is 0 Å². The number of para-hydroxylation sites is 4. The minimum Gasteiger partial charge on any atom is -0.354 e. The predicted molar refractivity (Wildman–Crippen MR) is 224 cm³/mol. The van der Waals surface area contributed by atoms with Crippen molar-refractivity contribution in [1.82, 2.24) is 24.1 Å². The SMILES string of the molecule is Cc1ccc2c(c1)c1ccc(-c3cccc4c3nc(-c3cccc5c3[nH]c3ccccc35)n4-c3ccccc3)cc1n2-c1cc(-c2ccccc2)ccn1. The molecule has 11 aromatic rings. The van der Waals surface area contributed by atoms with Gasteiger partial charge in [0, 0.05) is 50.1 Å². The summed E-state index contributed by atoms with van der Waals surface area (Å²) in [7, 11) is 0. The largest absolute Gasteiger partial charge is 0.354 e. The fraction of sp³-hybridized carbons (Fsp3) is 0.0204. The number of nitrogens with zero attached hydrogens (tertiary/aromatic N) is 4. The summed E-state index contributed by atoms with van der Waals surface area (Å²) in [6, 6.07) is 60.4. The number of rotatable bonds is 5. The van der Waals surface area contributed by atoms with E-state index in [-0.39, 0.29) is 0 Å². The molecule has 0 saturated heterocycles. The second-order valence-corrected chi connectivity index (χ2v) is 14.0. The van der Waals surface area contributed by atoms with Crippen LogP contribution in [-0.2, 0) is 0 Å². The first-order chi connectivity index (χ1) is 26.7. The highest BCUT2D eigenvalue weighted by atomic mass is 15.1. The van der Waals surface area contributed by atoms with Gasteiger partial charge in [-0.1, -0.05) is 115 Å². The van der Waals surface area contributed by atoms with E-state index in [1.54, 1.807) is 0 Å². The lowest BCUT2D eigenvalue weighted by atomic mass is 10.0. The maximum atomic E-state index is 5.54. The minimum absolute atomic E-state index is 0.887. The lowest BCUT2D eigenvalue weighted by molar-refractivity contribution is 1.08. The number of imidazole rings is 1. The predicted octanol–water partition coefficient (Wildman–Crippen LogP) is 12.5. The van der Waals surface area contributed by atoms with Gasteiger partial charge in [0.2, 0.25) is 0 Å². The van der Waals surface area contributed by atoms with Crippen molar-refractivity contribution in [1.29, 1.82) is 0 Å². The van der Waals surface area contributed by atoms with Gasteiger partial charge in [0.05, 0.1) is 27.6 Å². The van der Waals surface area contributed by atoms with Crippen LogP contribution in [0.3, 0.4) is 0 Å². The van der Waals surface area contributed by atoms with E-state index < -0.39 is 0 Å². The smallest absolute Gasteiger partial charge is 0.147 e. The normalized spacial score (nSPS) is 11.8. The van der Waals surface area contributed by atoms with E-state index in [0.717, 1.165) is 78.2 Å². The Kier molecular flexibility index (Phi) is 6.70. The van der Waals surface area contributed by atoms with Crippen molar-refractivity contribution in [3.8, 4) is 45.1 Å². The maximum absolute atomic E-state index is 5.54. The van der Waals surface area contributed by atoms with Crippen LogP contribution < -0.4 is 0 Å². The van der Waals surface area contributed by atoms with Gasteiger partial charge in [-0.15, -0.1) is 0 Å². The average molecular weight is 692 g/mol. The zero-order chi connectivity index (χ0) is 35.8. The molecule has 0 unspecified atom stereocenters. The van der Waals surface area contributed by atoms with Crippen molar-refractivity contribution < 1.29 is 0 Å². The summed E-state index contributed by atoms with van der Waals surface area (Å²) in [5.74, 6) is 1.78. The summed E-state index contributed by atoms with van der Waals surface area (Å²) < 4.78 is 4.61. The third-order valence-corrected chi connectivity index (χ3v) is 10.8. The number of nitrogens with one attached hydrogen (secondary N) is 1. The minimum atomic E-state index is 0.887. The van der Waals surface area contributed by atoms with Crippen LogP contribution >= 0.6 is 0 Å². The molecule has 54 heavy (non-hydrogen) atoms. The molecule has 254 valence electrons. The maximum Gasteiger partial charge on any atom is 0.147 e. The lowest BCUT2D eigenvalue weighted by Gasteiger charge is -2.11. The van der Waals surface area contributed by atoms with Crippen molar-refractivity contribution in [2.45, 2.75) is 6.92 Å². The second kappa shape index (κ2) is 11.9. The second-order valence-electron chi connectivity index (χ2n) is 14.0. The zero-order valence-corrected chi connectivity index (χ0v) is 29.5. The topological polar surface area (TPSA) is 51.4 Å². The van der Waals surface area contributed by atoms with E-state index in [2.05, 4.69) is 191 Å². The number of H-pyrrole nitrogens is 1. The van der Waals surface area contributed by atoms with Crippen LogP contribution in [0.25, 0.3) is 99.8 Å². The Morgan fingerprint density at radius 2 is 1.26 bits per heavy atom. The number of pyridine rings is 1. The molecule has 0 atom stereocenters. The Morgan fingerprint density at radius 3 is 2.15 bits per heavy atom. The van der Waals surface area contributed by atoms with Gasteiger partial charge >= 0.3 is 0 Å². The zero-order valence-electron chi connectivity index (χ0n) is 29.5. The number of aromatic amines is 1. The van der Waals surface area contributed by atoms with Crippen LogP contribution in [-0.4, -0.2) is 24.1 Å². The monoisotopic (exact) mass is 691 g/mol. The number of aryl methyl sites for hydroxylation is 1. The number of hydrogen-bond donors (Lipinski definition) is 1. The Bertz CT molecular complexity index is 3220. The Hall–Kier alpha value is -7.24. The van der Waals surface area contributed by atoms with E-state index >= 15 is 0 Å². The van der Waals surface area contributed by atoms with E-state index in [0.29, 0.717) is 0 Å². The fourth-order valence-electron chi connectivity index (χ4n) is 8.31. The molecule has 11 rings (SSSR count).